The summed E-state index contributed by atoms with van der Waals surface area (Å²) < 4.78 is 11.1. The van der Waals surface area contributed by atoms with Crippen molar-refractivity contribution in [3.8, 4) is 17.2 Å². The molecule has 0 unspecified atom stereocenters. The van der Waals surface area contributed by atoms with E-state index in [0.717, 1.165) is 37.1 Å². The quantitative estimate of drug-likeness (QED) is 0.842. The second kappa shape index (κ2) is 7.47. The molecule has 1 fully saturated rings. The molecule has 0 saturated carbocycles. The molecule has 0 bridgehead atoms. The number of rotatable bonds is 5. The van der Waals surface area contributed by atoms with Crippen LogP contribution in [0, 0.1) is 0 Å². The molecule has 6 nitrogen and oxygen atoms in total. The van der Waals surface area contributed by atoms with Crippen molar-refractivity contribution in [3.05, 3.63) is 30.2 Å². The van der Waals surface area contributed by atoms with Gasteiger partial charge in [0, 0.05) is 25.1 Å². The number of methoxy groups -OCH3 is 1. The van der Waals surface area contributed by atoms with Crippen LogP contribution in [0.5, 0.6) is 5.75 Å². The lowest BCUT2D eigenvalue weighted by Gasteiger charge is -2.31. The third-order valence-electron chi connectivity index (χ3n) is 4.34. The molecule has 1 saturated heterocycles. The monoisotopic (exact) mass is 329 g/mol. The highest BCUT2D eigenvalue weighted by Gasteiger charge is 2.28. The normalized spacial score (nSPS) is 17.8. The average Bonchev–Trinajstić information content (AvgIpc) is 3.12. The summed E-state index contributed by atoms with van der Waals surface area (Å²) in [4.78, 5) is 14.0. The molecule has 6 heteroatoms. The molecule has 1 aliphatic heterocycles. The van der Waals surface area contributed by atoms with E-state index in [1.54, 1.807) is 7.11 Å². The molecule has 0 spiro atoms. The van der Waals surface area contributed by atoms with Gasteiger partial charge >= 0.3 is 0 Å². The van der Waals surface area contributed by atoms with Crippen LogP contribution >= 0.6 is 0 Å². The first kappa shape index (κ1) is 16.5. The lowest BCUT2D eigenvalue weighted by atomic mass is 9.97. The van der Waals surface area contributed by atoms with Gasteiger partial charge in [-0.25, -0.2) is 0 Å². The summed E-state index contributed by atoms with van der Waals surface area (Å²) in [6.07, 6.45) is 3.42. The van der Waals surface area contributed by atoms with Gasteiger partial charge in [0.2, 0.25) is 17.7 Å². The topological polar surface area (TPSA) is 68.5 Å². The highest BCUT2D eigenvalue weighted by atomic mass is 16.5. The third kappa shape index (κ3) is 3.58. The SMILES string of the molecule is CCCC(=O)N1CCC[C@H](c2nnc(-c3cccc(OC)c3)o2)C1. The van der Waals surface area contributed by atoms with Crippen LogP contribution in [0.4, 0.5) is 0 Å². The minimum atomic E-state index is 0.117. The zero-order valence-electron chi connectivity index (χ0n) is 14.2. The van der Waals surface area contributed by atoms with Crippen LogP contribution in [0.25, 0.3) is 11.5 Å². The van der Waals surface area contributed by atoms with Crippen molar-refractivity contribution in [2.45, 2.75) is 38.5 Å². The van der Waals surface area contributed by atoms with Gasteiger partial charge in [0.05, 0.1) is 13.0 Å². The molecule has 3 rings (SSSR count). The number of ether oxygens (including phenoxy) is 1. The number of hydrogen-bond acceptors (Lipinski definition) is 5. The van der Waals surface area contributed by atoms with Crippen LogP contribution in [0.15, 0.2) is 28.7 Å². The lowest BCUT2D eigenvalue weighted by molar-refractivity contribution is -0.132. The zero-order valence-corrected chi connectivity index (χ0v) is 14.2. The van der Waals surface area contributed by atoms with Crippen molar-refractivity contribution in [3.63, 3.8) is 0 Å². The van der Waals surface area contributed by atoms with Crippen molar-refractivity contribution < 1.29 is 13.9 Å². The summed E-state index contributed by atoms with van der Waals surface area (Å²) in [7, 11) is 1.63. The van der Waals surface area contributed by atoms with Gasteiger partial charge in [-0.05, 0) is 37.5 Å². The van der Waals surface area contributed by atoms with Crippen molar-refractivity contribution >= 4 is 5.91 Å². The molecule has 1 atom stereocenters. The fraction of sp³-hybridized carbons (Fsp3) is 0.500. The van der Waals surface area contributed by atoms with E-state index < -0.39 is 0 Å². The molecule has 0 radical (unpaired) electrons. The number of amides is 1. The summed E-state index contributed by atoms with van der Waals surface area (Å²) in [5.74, 6) is 2.19. The minimum Gasteiger partial charge on any atom is -0.497 e. The van der Waals surface area contributed by atoms with E-state index in [-0.39, 0.29) is 11.8 Å². The Kier molecular flexibility index (Phi) is 5.13. The maximum absolute atomic E-state index is 12.1. The van der Waals surface area contributed by atoms with Crippen molar-refractivity contribution in [1.82, 2.24) is 15.1 Å². The van der Waals surface area contributed by atoms with Crippen LogP contribution < -0.4 is 4.74 Å². The Bertz CT molecular complexity index is 698. The predicted molar refractivity (Wildman–Crippen MR) is 89.7 cm³/mol. The van der Waals surface area contributed by atoms with Crippen molar-refractivity contribution in [2.24, 2.45) is 0 Å². The van der Waals surface area contributed by atoms with Crippen LogP contribution in [0.2, 0.25) is 0 Å². The summed E-state index contributed by atoms with van der Waals surface area (Å²) >= 11 is 0. The summed E-state index contributed by atoms with van der Waals surface area (Å²) in [6.45, 7) is 3.52. The minimum absolute atomic E-state index is 0.117. The van der Waals surface area contributed by atoms with Crippen molar-refractivity contribution in [1.29, 1.82) is 0 Å². The smallest absolute Gasteiger partial charge is 0.247 e. The average molecular weight is 329 g/mol. The Balaban J connectivity index is 1.74. The summed E-state index contributed by atoms with van der Waals surface area (Å²) in [5, 5.41) is 8.38. The first-order valence-corrected chi connectivity index (χ1v) is 8.47. The van der Waals surface area contributed by atoms with E-state index in [9.17, 15) is 4.79 Å². The van der Waals surface area contributed by atoms with E-state index in [1.165, 1.54) is 0 Å². The highest BCUT2D eigenvalue weighted by molar-refractivity contribution is 5.76. The number of carbonyl (C=O) groups excluding carboxylic acids is 1. The molecule has 0 aliphatic carbocycles. The Labute approximate surface area is 141 Å². The number of aromatic nitrogens is 2. The second-order valence-corrected chi connectivity index (χ2v) is 6.11. The summed E-state index contributed by atoms with van der Waals surface area (Å²) in [5.41, 5.74) is 0.836. The van der Waals surface area contributed by atoms with Crippen LogP contribution in [0.3, 0.4) is 0 Å². The third-order valence-corrected chi connectivity index (χ3v) is 4.34. The molecule has 1 amide bonds. The van der Waals surface area contributed by atoms with Gasteiger partial charge in [0.15, 0.2) is 0 Å². The van der Waals surface area contributed by atoms with Crippen LogP contribution in [0.1, 0.15) is 44.4 Å². The maximum Gasteiger partial charge on any atom is 0.247 e. The standard InChI is InChI=1S/C18H23N3O3/c1-3-6-16(22)21-10-5-8-14(12-21)18-20-19-17(24-18)13-7-4-9-15(11-13)23-2/h4,7,9,11,14H,3,5-6,8,10,12H2,1-2H3/t14-/m0/s1. The van der Waals surface area contributed by atoms with Gasteiger partial charge in [-0.1, -0.05) is 13.0 Å². The second-order valence-electron chi connectivity index (χ2n) is 6.11. The van der Waals surface area contributed by atoms with E-state index >= 15 is 0 Å². The van der Waals surface area contributed by atoms with Crippen molar-refractivity contribution in [2.75, 3.05) is 20.2 Å². The van der Waals surface area contributed by atoms with Crippen LogP contribution in [-0.2, 0) is 4.79 Å². The molecule has 0 N–H and O–H groups in total. The van der Waals surface area contributed by atoms with E-state index in [2.05, 4.69) is 10.2 Å². The molecule has 1 aromatic heterocycles. The molecular formula is C18H23N3O3. The fourth-order valence-electron chi connectivity index (χ4n) is 3.05. The number of likely N-dealkylation sites (tertiary alicyclic amines) is 1. The van der Waals surface area contributed by atoms with Gasteiger partial charge in [0.25, 0.3) is 0 Å². The Morgan fingerprint density at radius 3 is 3.08 bits per heavy atom. The molecule has 1 aliphatic rings. The molecule has 1 aromatic carbocycles. The van der Waals surface area contributed by atoms with E-state index in [1.807, 2.05) is 36.1 Å². The Hall–Kier alpha value is -2.37. The molecule has 24 heavy (non-hydrogen) atoms. The predicted octanol–water partition coefficient (Wildman–Crippen LogP) is 3.25. The Morgan fingerprint density at radius 1 is 1.42 bits per heavy atom. The number of hydrogen-bond donors (Lipinski definition) is 0. The summed E-state index contributed by atoms with van der Waals surface area (Å²) in [6, 6.07) is 7.55. The van der Waals surface area contributed by atoms with E-state index in [4.69, 9.17) is 9.15 Å². The number of benzene rings is 1. The molecule has 128 valence electrons. The van der Waals surface area contributed by atoms with Gasteiger partial charge in [-0.3, -0.25) is 4.79 Å². The first-order chi connectivity index (χ1) is 11.7. The molecule has 2 aromatic rings. The Morgan fingerprint density at radius 2 is 2.29 bits per heavy atom. The molecule has 2 heterocycles. The molecular weight excluding hydrogens is 306 g/mol. The number of nitrogens with zero attached hydrogens (tertiary/aromatic N) is 3. The highest BCUT2D eigenvalue weighted by Crippen LogP contribution is 2.29. The lowest BCUT2D eigenvalue weighted by Crippen LogP contribution is -2.39. The van der Waals surface area contributed by atoms with Crippen LogP contribution in [-0.4, -0.2) is 41.2 Å². The first-order valence-electron chi connectivity index (χ1n) is 8.47. The van der Waals surface area contributed by atoms with Gasteiger partial charge in [-0.2, -0.15) is 0 Å². The largest absolute Gasteiger partial charge is 0.497 e. The zero-order chi connectivity index (χ0) is 16.9. The number of carbonyl (C=O) groups is 1. The van der Waals surface area contributed by atoms with Gasteiger partial charge in [0.1, 0.15) is 5.75 Å². The number of piperidine rings is 1. The van der Waals surface area contributed by atoms with Gasteiger partial charge < -0.3 is 14.1 Å². The fourth-order valence-corrected chi connectivity index (χ4v) is 3.05. The van der Waals surface area contributed by atoms with Gasteiger partial charge in [-0.15, -0.1) is 10.2 Å². The maximum atomic E-state index is 12.1. The van der Waals surface area contributed by atoms with E-state index in [0.29, 0.717) is 24.7 Å².